The average Bonchev–Trinajstić information content (AvgIpc) is 2.42. The molecule has 0 amide bonds. The van der Waals surface area contributed by atoms with Crippen molar-refractivity contribution in [1.82, 2.24) is 4.98 Å². The molecule has 1 aromatic heterocycles. The number of para-hydroxylation sites is 1. The highest BCUT2D eigenvalue weighted by molar-refractivity contribution is 5.91. The van der Waals surface area contributed by atoms with Crippen molar-refractivity contribution in [2.75, 3.05) is 5.32 Å². The minimum absolute atomic E-state index is 1.00. The van der Waals surface area contributed by atoms with Crippen LogP contribution in [0.5, 0.6) is 0 Å². The van der Waals surface area contributed by atoms with Crippen molar-refractivity contribution in [3.8, 4) is 0 Å². The lowest BCUT2D eigenvalue weighted by atomic mass is 10.1. The third-order valence-corrected chi connectivity index (χ3v) is 2.96. The van der Waals surface area contributed by atoms with E-state index in [1.807, 2.05) is 18.3 Å². The summed E-state index contributed by atoms with van der Waals surface area (Å²) in [5.74, 6) is 0. The van der Waals surface area contributed by atoms with Crippen LogP contribution in [0.25, 0.3) is 10.9 Å². The van der Waals surface area contributed by atoms with E-state index in [-0.39, 0.29) is 0 Å². The molecule has 1 heterocycles. The second kappa shape index (κ2) is 4.49. The van der Waals surface area contributed by atoms with Crippen molar-refractivity contribution >= 4 is 22.3 Å². The molecule has 0 unspecified atom stereocenters. The zero-order valence-corrected chi connectivity index (χ0v) is 10.2. The molecule has 0 bridgehead atoms. The first-order valence-electron chi connectivity index (χ1n) is 6.00. The number of rotatable bonds is 2. The quantitative estimate of drug-likeness (QED) is 0.715. The summed E-state index contributed by atoms with van der Waals surface area (Å²) in [6.07, 6.45) is 1.82. The van der Waals surface area contributed by atoms with E-state index >= 15 is 0 Å². The van der Waals surface area contributed by atoms with Crippen LogP contribution in [0.3, 0.4) is 0 Å². The maximum atomic E-state index is 4.43. The number of fused-ring (bicyclic) bond motifs is 1. The number of nitrogens with one attached hydrogen (secondary N) is 1. The molecule has 0 radical (unpaired) electrons. The van der Waals surface area contributed by atoms with Gasteiger partial charge < -0.3 is 5.32 Å². The Kier molecular flexibility index (Phi) is 2.69. The molecule has 0 atom stereocenters. The van der Waals surface area contributed by atoms with E-state index in [2.05, 4.69) is 59.7 Å². The van der Waals surface area contributed by atoms with Crippen LogP contribution >= 0.6 is 0 Å². The van der Waals surface area contributed by atoms with Crippen molar-refractivity contribution < 1.29 is 0 Å². The van der Waals surface area contributed by atoms with Gasteiger partial charge in [-0.1, -0.05) is 35.9 Å². The first kappa shape index (κ1) is 10.8. The molecule has 3 rings (SSSR count). The van der Waals surface area contributed by atoms with E-state index in [1.54, 1.807) is 0 Å². The van der Waals surface area contributed by atoms with Gasteiger partial charge in [0.25, 0.3) is 0 Å². The SMILES string of the molecule is Cc1ccc(Nc2cccc3cccnc23)cc1. The van der Waals surface area contributed by atoms with Crippen LogP contribution in [0.15, 0.2) is 60.8 Å². The Bertz CT molecular complexity index is 667. The Hall–Kier alpha value is -2.35. The van der Waals surface area contributed by atoms with Crippen LogP contribution in [0.2, 0.25) is 0 Å². The minimum atomic E-state index is 1.00. The molecule has 2 heteroatoms. The number of aryl methyl sites for hydroxylation is 1. The normalized spacial score (nSPS) is 10.5. The number of hydrogen-bond donors (Lipinski definition) is 1. The summed E-state index contributed by atoms with van der Waals surface area (Å²) in [5, 5.41) is 4.56. The zero-order chi connectivity index (χ0) is 12.4. The summed E-state index contributed by atoms with van der Waals surface area (Å²) in [5.41, 5.74) is 4.38. The molecule has 0 aliphatic heterocycles. The maximum Gasteiger partial charge on any atom is 0.0936 e. The molecule has 0 aliphatic carbocycles. The largest absolute Gasteiger partial charge is 0.354 e. The third-order valence-electron chi connectivity index (χ3n) is 2.96. The third kappa shape index (κ3) is 2.05. The zero-order valence-electron chi connectivity index (χ0n) is 10.2. The van der Waals surface area contributed by atoms with Gasteiger partial charge in [-0.15, -0.1) is 0 Å². The van der Waals surface area contributed by atoms with Gasteiger partial charge in [0.1, 0.15) is 0 Å². The second-order valence-electron chi connectivity index (χ2n) is 4.37. The van der Waals surface area contributed by atoms with Crippen LogP contribution in [-0.4, -0.2) is 4.98 Å². The molecule has 0 spiro atoms. The molecule has 0 fully saturated rings. The van der Waals surface area contributed by atoms with Gasteiger partial charge in [-0.25, -0.2) is 0 Å². The summed E-state index contributed by atoms with van der Waals surface area (Å²) < 4.78 is 0. The number of nitrogens with zero attached hydrogens (tertiary/aromatic N) is 1. The van der Waals surface area contributed by atoms with Crippen molar-refractivity contribution in [3.05, 3.63) is 66.4 Å². The minimum Gasteiger partial charge on any atom is -0.354 e. The van der Waals surface area contributed by atoms with Crippen LogP contribution < -0.4 is 5.32 Å². The van der Waals surface area contributed by atoms with E-state index in [1.165, 1.54) is 5.56 Å². The van der Waals surface area contributed by atoms with Crippen molar-refractivity contribution in [1.29, 1.82) is 0 Å². The van der Waals surface area contributed by atoms with Gasteiger partial charge >= 0.3 is 0 Å². The number of anilines is 2. The van der Waals surface area contributed by atoms with Gasteiger partial charge in [0.2, 0.25) is 0 Å². The number of aromatic nitrogens is 1. The fraction of sp³-hybridized carbons (Fsp3) is 0.0625. The molecule has 1 N–H and O–H groups in total. The smallest absolute Gasteiger partial charge is 0.0936 e. The van der Waals surface area contributed by atoms with Crippen LogP contribution in [0, 0.1) is 6.92 Å². The molecular weight excluding hydrogens is 220 g/mol. The van der Waals surface area contributed by atoms with Gasteiger partial charge in [-0.3, -0.25) is 4.98 Å². The second-order valence-corrected chi connectivity index (χ2v) is 4.37. The molecule has 2 nitrogen and oxygen atoms in total. The molecule has 2 aromatic carbocycles. The molecule has 18 heavy (non-hydrogen) atoms. The monoisotopic (exact) mass is 234 g/mol. The Balaban J connectivity index is 2.02. The fourth-order valence-electron chi connectivity index (χ4n) is 2.00. The van der Waals surface area contributed by atoms with Crippen molar-refractivity contribution in [2.45, 2.75) is 6.92 Å². The highest BCUT2D eigenvalue weighted by atomic mass is 14.9. The van der Waals surface area contributed by atoms with Gasteiger partial charge in [-0.05, 0) is 31.2 Å². The predicted molar refractivity (Wildman–Crippen MR) is 76.2 cm³/mol. The molecule has 0 aliphatic rings. The van der Waals surface area contributed by atoms with E-state index in [0.29, 0.717) is 0 Å². The van der Waals surface area contributed by atoms with Crippen LogP contribution in [-0.2, 0) is 0 Å². The summed E-state index contributed by atoms with van der Waals surface area (Å²) in [7, 11) is 0. The Morgan fingerprint density at radius 2 is 1.67 bits per heavy atom. The standard InChI is InChI=1S/C16H14N2/c1-12-7-9-14(10-8-12)18-15-6-2-4-13-5-3-11-17-16(13)15/h2-11,18H,1H3. The van der Waals surface area contributed by atoms with E-state index in [9.17, 15) is 0 Å². The van der Waals surface area contributed by atoms with Gasteiger partial charge in [0.05, 0.1) is 11.2 Å². The topological polar surface area (TPSA) is 24.9 Å². The number of benzene rings is 2. The van der Waals surface area contributed by atoms with Gasteiger partial charge in [0, 0.05) is 17.3 Å². The Labute approximate surface area is 106 Å². The van der Waals surface area contributed by atoms with E-state index in [0.717, 1.165) is 22.3 Å². The Morgan fingerprint density at radius 3 is 2.50 bits per heavy atom. The first-order chi connectivity index (χ1) is 8.83. The average molecular weight is 234 g/mol. The summed E-state index contributed by atoms with van der Waals surface area (Å²) in [6.45, 7) is 2.09. The van der Waals surface area contributed by atoms with Crippen LogP contribution in [0.4, 0.5) is 11.4 Å². The summed E-state index contributed by atoms with van der Waals surface area (Å²) in [4.78, 5) is 4.43. The van der Waals surface area contributed by atoms with E-state index in [4.69, 9.17) is 0 Å². The highest BCUT2D eigenvalue weighted by Gasteiger charge is 2.01. The lowest BCUT2D eigenvalue weighted by molar-refractivity contribution is 1.40. The summed E-state index contributed by atoms with van der Waals surface area (Å²) >= 11 is 0. The molecule has 0 saturated heterocycles. The van der Waals surface area contributed by atoms with Crippen molar-refractivity contribution in [2.24, 2.45) is 0 Å². The lowest BCUT2D eigenvalue weighted by Crippen LogP contribution is -1.92. The summed E-state index contributed by atoms with van der Waals surface area (Å²) in [6, 6.07) is 18.6. The maximum absolute atomic E-state index is 4.43. The molecular formula is C16H14N2. The lowest BCUT2D eigenvalue weighted by Gasteiger charge is -2.09. The molecule has 88 valence electrons. The Morgan fingerprint density at radius 1 is 0.889 bits per heavy atom. The molecule has 0 saturated carbocycles. The fourth-order valence-corrected chi connectivity index (χ4v) is 2.00. The number of hydrogen-bond acceptors (Lipinski definition) is 2. The predicted octanol–water partition coefficient (Wildman–Crippen LogP) is 4.29. The van der Waals surface area contributed by atoms with Crippen LogP contribution in [0.1, 0.15) is 5.56 Å². The van der Waals surface area contributed by atoms with Gasteiger partial charge in [-0.2, -0.15) is 0 Å². The number of pyridine rings is 1. The molecule has 3 aromatic rings. The van der Waals surface area contributed by atoms with Gasteiger partial charge in [0.15, 0.2) is 0 Å². The van der Waals surface area contributed by atoms with Crippen molar-refractivity contribution in [3.63, 3.8) is 0 Å². The first-order valence-corrected chi connectivity index (χ1v) is 6.00. The van der Waals surface area contributed by atoms with E-state index < -0.39 is 0 Å². The highest BCUT2D eigenvalue weighted by Crippen LogP contribution is 2.24.